The summed E-state index contributed by atoms with van der Waals surface area (Å²) in [6.07, 6.45) is 0.985. The van der Waals surface area contributed by atoms with Crippen molar-refractivity contribution >= 4 is 39.4 Å². The van der Waals surface area contributed by atoms with Gasteiger partial charge in [-0.3, -0.25) is 9.59 Å². The number of nitrogens with one attached hydrogen (secondary N) is 1. The molecule has 1 aromatic rings. The first-order chi connectivity index (χ1) is 9.38. The van der Waals surface area contributed by atoms with Crippen molar-refractivity contribution in [3.05, 3.63) is 33.3 Å². The zero-order valence-corrected chi connectivity index (χ0v) is 13.5. The van der Waals surface area contributed by atoms with Crippen LogP contribution in [-0.4, -0.2) is 23.5 Å². The van der Waals surface area contributed by atoms with Crippen LogP contribution in [0.4, 0.5) is 0 Å². The van der Waals surface area contributed by atoms with E-state index in [2.05, 4.69) is 21.2 Å². The molecule has 20 heavy (non-hydrogen) atoms. The maximum absolute atomic E-state index is 11.7. The predicted octanol–water partition coefficient (Wildman–Crippen LogP) is 3.26. The van der Waals surface area contributed by atoms with E-state index in [0.29, 0.717) is 24.4 Å². The third kappa shape index (κ3) is 6.39. The molecule has 0 fully saturated rings. The van der Waals surface area contributed by atoms with Crippen molar-refractivity contribution in [3.8, 4) is 0 Å². The first kappa shape index (κ1) is 17.0. The van der Waals surface area contributed by atoms with Gasteiger partial charge >= 0.3 is 5.97 Å². The summed E-state index contributed by atoms with van der Waals surface area (Å²) >= 11 is 9.32. The van der Waals surface area contributed by atoms with Crippen LogP contribution in [0.25, 0.3) is 0 Å². The second-order valence-corrected chi connectivity index (χ2v) is 6.03. The van der Waals surface area contributed by atoms with Gasteiger partial charge in [0.15, 0.2) is 0 Å². The number of amides is 1. The van der Waals surface area contributed by atoms with Crippen LogP contribution in [0.15, 0.2) is 22.7 Å². The summed E-state index contributed by atoms with van der Waals surface area (Å²) in [6.45, 7) is 2.17. The molecule has 1 unspecified atom stereocenters. The SMILES string of the molecule is CC(CNC(=O)CCc1cc(Cl)ccc1Br)CC(=O)O. The molecule has 0 aliphatic heterocycles. The van der Waals surface area contributed by atoms with E-state index in [-0.39, 0.29) is 18.2 Å². The molecule has 0 bridgehead atoms. The minimum atomic E-state index is -0.852. The molecule has 4 nitrogen and oxygen atoms in total. The molecule has 0 spiro atoms. The summed E-state index contributed by atoms with van der Waals surface area (Å²) in [4.78, 5) is 22.2. The summed E-state index contributed by atoms with van der Waals surface area (Å²) in [7, 11) is 0. The van der Waals surface area contributed by atoms with Gasteiger partial charge in [0.05, 0.1) is 0 Å². The maximum atomic E-state index is 11.7. The van der Waals surface area contributed by atoms with E-state index in [1.165, 1.54) is 0 Å². The van der Waals surface area contributed by atoms with Gasteiger partial charge in [0, 0.05) is 28.9 Å². The van der Waals surface area contributed by atoms with Gasteiger partial charge in [-0.1, -0.05) is 34.5 Å². The zero-order valence-electron chi connectivity index (χ0n) is 11.2. The van der Waals surface area contributed by atoms with Gasteiger partial charge < -0.3 is 10.4 Å². The van der Waals surface area contributed by atoms with E-state index in [1.807, 2.05) is 12.1 Å². The fourth-order valence-corrected chi connectivity index (χ4v) is 2.37. The number of carbonyl (C=O) groups excluding carboxylic acids is 1. The van der Waals surface area contributed by atoms with Gasteiger partial charge in [0.2, 0.25) is 5.91 Å². The van der Waals surface area contributed by atoms with Gasteiger partial charge in [0.1, 0.15) is 0 Å². The molecular formula is C14H17BrClNO3. The number of carboxylic acid groups (broad SMARTS) is 1. The average Bonchev–Trinajstić information content (AvgIpc) is 2.36. The Labute approximate surface area is 131 Å². The molecular weight excluding hydrogens is 346 g/mol. The minimum absolute atomic E-state index is 0.0557. The quantitative estimate of drug-likeness (QED) is 0.782. The predicted molar refractivity (Wildman–Crippen MR) is 81.9 cm³/mol. The molecule has 0 aliphatic carbocycles. The molecule has 0 aliphatic rings. The largest absolute Gasteiger partial charge is 0.481 e. The standard InChI is InChI=1S/C14H17BrClNO3/c1-9(6-14(19)20)8-17-13(18)5-2-10-7-11(16)3-4-12(10)15/h3-4,7,9H,2,5-6,8H2,1H3,(H,17,18)(H,19,20). The van der Waals surface area contributed by atoms with Crippen molar-refractivity contribution in [3.63, 3.8) is 0 Å². The highest BCUT2D eigenvalue weighted by Crippen LogP contribution is 2.22. The van der Waals surface area contributed by atoms with Crippen molar-refractivity contribution in [1.82, 2.24) is 5.32 Å². The monoisotopic (exact) mass is 361 g/mol. The number of halogens is 2. The fraction of sp³-hybridized carbons (Fsp3) is 0.429. The van der Waals surface area contributed by atoms with Crippen LogP contribution in [0.1, 0.15) is 25.3 Å². The number of aliphatic carboxylic acids is 1. The Balaban J connectivity index is 2.36. The Morgan fingerprint density at radius 3 is 2.80 bits per heavy atom. The highest BCUT2D eigenvalue weighted by Gasteiger charge is 2.10. The highest BCUT2D eigenvalue weighted by molar-refractivity contribution is 9.10. The number of benzene rings is 1. The number of rotatable bonds is 7. The van der Waals surface area contributed by atoms with Gasteiger partial charge in [-0.2, -0.15) is 0 Å². The summed E-state index contributed by atoms with van der Waals surface area (Å²) in [6, 6.07) is 5.46. The van der Waals surface area contributed by atoms with Crippen LogP contribution in [0, 0.1) is 5.92 Å². The van der Waals surface area contributed by atoms with E-state index in [4.69, 9.17) is 16.7 Å². The number of hydrogen-bond acceptors (Lipinski definition) is 2. The van der Waals surface area contributed by atoms with Crippen molar-refractivity contribution in [2.75, 3.05) is 6.54 Å². The van der Waals surface area contributed by atoms with Gasteiger partial charge in [-0.05, 0) is 36.1 Å². The van der Waals surface area contributed by atoms with Crippen LogP contribution in [-0.2, 0) is 16.0 Å². The lowest BCUT2D eigenvalue weighted by Gasteiger charge is -2.10. The molecule has 0 heterocycles. The van der Waals surface area contributed by atoms with E-state index in [1.54, 1.807) is 13.0 Å². The maximum Gasteiger partial charge on any atom is 0.303 e. The molecule has 6 heteroatoms. The van der Waals surface area contributed by atoms with E-state index >= 15 is 0 Å². The smallest absolute Gasteiger partial charge is 0.303 e. The summed E-state index contributed by atoms with van der Waals surface area (Å²) in [5, 5.41) is 12.0. The lowest BCUT2D eigenvalue weighted by atomic mass is 10.1. The minimum Gasteiger partial charge on any atom is -0.481 e. The van der Waals surface area contributed by atoms with Crippen LogP contribution in [0.2, 0.25) is 5.02 Å². The third-order valence-electron chi connectivity index (χ3n) is 2.80. The topological polar surface area (TPSA) is 66.4 Å². The summed E-state index contributed by atoms with van der Waals surface area (Å²) in [5.41, 5.74) is 0.978. The van der Waals surface area contributed by atoms with Gasteiger partial charge in [-0.15, -0.1) is 0 Å². The number of carbonyl (C=O) groups is 2. The third-order valence-corrected chi connectivity index (χ3v) is 3.81. The van der Waals surface area contributed by atoms with Crippen molar-refractivity contribution in [2.45, 2.75) is 26.2 Å². The second kappa shape index (κ2) is 8.27. The average molecular weight is 363 g/mol. The molecule has 1 rings (SSSR count). The Hall–Kier alpha value is -1.07. The van der Waals surface area contributed by atoms with Crippen molar-refractivity contribution in [2.24, 2.45) is 5.92 Å². The molecule has 1 aromatic carbocycles. The van der Waals surface area contributed by atoms with E-state index < -0.39 is 5.97 Å². The Kier molecular flexibility index (Phi) is 7.02. The Morgan fingerprint density at radius 1 is 1.45 bits per heavy atom. The van der Waals surface area contributed by atoms with Crippen LogP contribution >= 0.6 is 27.5 Å². The van der Waals surface area contributed by atoms with Gasteiger partial charge in [0.25, 0.3) is 0 Å². The second-order valence-electron chi connectivity index (χ2n) is 4.74. The lowest BCUT2D eigenvalue weighted by molar-refractivity contribution is -0.138. The number of hydrogen-bond donors (Lipinski definition) is 2. The molecule has 0 saturated heterocycles. The number of aryl methyl sites for hydroxylation is 1. The molecule has 1 atom stereocenters. The highest BCUT2D eigenvalue weighted by atomic mass is 79.9. The Morgan fingerprint density at radius 2 is 2.15 bits per heavy atom. The lowest BCUT2D eigenvalue weighted by Crippen LogP contribution is -2.29. The van der Waals surface area contributed by atoms with E-state index in [9.17, 15) is 9.59 Å². The number of carboxylic acids is 1. The first-order valence-electron chi connectivity index (χ1n) is 6.31. The summed E-state index contributed by atoms with van der Waals surface area (Å²) < 4.78 is 0.925. The molecule has 0 aromatic heterocycles. The fourth-order valence-electron chi connectivity index (χ4n) is 1.73. The molecule has 1 amide bonds. The van der Waals surface area contributed by atoms with Gasteiger partial charge in [-0.25, -0.2) is 0 Å². The Bertz CT molecular complexity index is 493. The van der Waals surface area contributed by atoms with Crippen LogP contribution in [0.5, 0.6) is 0 Å². The molecule has 0 saturated carbocycles. The molecule has 0 radical (unpaired) electrons. The van der Waals surface area contributed by atoms with Crippen LogP contribution in [0.3, 0.4) is 0 Å². The molecule has 2 N–H and O–H groups in total. The van der Waals surface area contributed by atoms with Crippen LogP contribution < -0.4 is 5.32 Å². The normalized spacial score (nSPS) is 11.9. The summed E-state index contributed by atoms with van der Waals surface area (Å²) in [5.74, 6) is -1.02. The molecule has 110 valence electrons. The first-order valence-corrected chi connectivity index (χ1v) is 7.48. The van der Waals surface area contributed by atoms with Crippen molar-refractivity contribution in [1.29, 1.82) is 0 Å². The van der Waals surface area contributed by atoms with Crippen molar-refractivity contribution < 1.29 is 14.7 Å². The zero-order chi connectivity index (χ0) is 15.1. The van der Waals surface area contributed by atoms with E-state index in [0.717, 1.165) is 10.0 Å².